The van der Waals surface area contributed by atoms with Gasteiger partial charge in [0.2, 0.25) is 5.89 Å². The van der Waals surface area contributed by atoms with Crippen molar-refractivity contribution in [2.75, 3.05) is 11.9 Å². The summed E-state index contributed by atoms with van der Waals surface area (Å²) in [6, 6.07) is 0.554. The number of unbranched alkanes of at least 4 members (excludes halogenated alkanes) is 1. The molecule has 0 aromatic carbocycles. The number of anilines is 1. The molecule has 0 saturated carbocycles. The van der Waals surface area contributed by atoms with Gasteiger partial charge in [0, 0.05) is 19.0 Å². The van der Waals surface area contributed by atoms with Gasteiger partial charge in [-0.1, -0.05) is 18.9 Å². The summed E-state index contributed by atoms with van der Waals surface area (Å²) in [5, 5.41) is 13.5. The molecular weight excluding hydrogens is 261 g/mol. The predicted octanol–water partition coefficient (Wildman–Crippen LogP) is 2.71. The summed E-state index contributed by atoms with van der Waals surface area (Å²) in [7, 11) is 0. The Hall–Kier alpha value is -1.31. The van der Waals surface area contributed by atoms with Crippen LogP contribution in [0.25, 0.3) is 0 Å². The quantitative estimate of drug-likeness (QED) is 0.717. The first-order valence-corrected chi connectivity index (χ1v) is 6.23. The summed E-state index contributed by atoms with van der Waals surface area (Å²) in [5.41, 5.74) is 0. The van der Waals surface area contributed by atoms with E-state index in [0.29, 0.717) is 31.4 Å². The Bertz CT molecular complexity index is 365. The van der Waals surface area contributed by atoms with Gasteiger partial charge in [-0.15, -0.1) is 5.10 Å². The van der Waals surface area contributed by atoms with Crippen LogP contribution in [0.15, 0.2) is 4.42 Å². The lowest BCUT2D eigenvalue weighted by molar-refractivity contribution is -0.135. The number of aromatic nitrogens is 2. The molecule has 0 spiro atoms. The molecule has 0 aliphatic carbocycles. The third kappa shape index (κ3) is 7.66. The molecule has 1 aromatic rings. The van der Waals surface area contributed by atoms with Crippen LogP contribution < -0.4 is 10.6 Å². The highest BCUT2D eigenvalue weighted by molar-refractivity contribution is 5.16. The highest BCUT2D eigenvalue weighted by atomic mass is 19.4. The Morgan fingerprint density at radius 2 is 1.95 bits per heavy atom. The van der Waals surface area contributed by atoms with Gasteiger partial charge in [-0.05, 0) is 12.8 Å². The number of rotatable bonds is 8. The summed E-state index contributed by atoms with van der Waals surface area (Å²) in [6.45, 7) is 4.85. The molecule has 0 unspecified atom stereocenters. The van der Waals surface area contributed by atoms with E-state index in [1.165, 1.54) is 0 Å². The number of nitrogens with one attached hydrogen (secondary N) is 2. The largest absolute Gasteiger partial charge is 0.407 e. The molecule has 0 amide bonds. The molecule has 0 radical (unpaired) electrons. The number of nitrogens with zero attached hydrogens (tertiary/aromatic N) is 2. The minimum atomic E-state index is -4.08. The molecule has 110 valence electrons. The van der Waals surface area contributed by atoms with Crippen molar-refractivity contribution in [2.24, 2.45) is 0 Å². The standard InChI is InChI=1S/C11H19F3N4O/c1-8(2)16-7-9-17-18-10(19-9)15-6-4-3-5-11(12,13)14/h8,16H,3-7H2,1-2H3,(H,15,18). The summed E-state index contributed by atoms with van der Waals surface area (Å²) < 4.78 is 40.9. The Morgan fingerprint density at radius 1 is 1.21 bits per heavy atom. The lowest BCUT2D eigenvalue weighted by Gasteiger charge is -2.05. The van der Waals surface area contributed by atoms with Crippen LogP contribution in [0.4, 0.5) is 19.2 Å². The fourth-order valence-electron chi connectivity index (χ4n) is 1.33. The van der Waals surface area contributed by atoms with E-state index in [0.717, 1.165) is 0 Å². The van der Waals surface area contributed by atoms with Gasteiger partial charge in [0.1, 0.15) is 0 Å². The van der Waals surface area contributed by atoms with E-state index in [-0.39, 0.29) is 12.4 Å². The molecule has 19 heavy (non-hydrogen) atoms. The second-order valence-corrected chi connectivity index (χ2v) is 4.54. The van der Waals surface area contributed by atoms with Crippen molar-refractivity contribution < 1.29 is 17.6 Å². The zero-order valence-corrected chi connectivity index (χ0v) is 11.0. The van der Waals surface area contributed by atoms with E-state index < -0.39 is 12.6 Å². The molecule has 0 atom stereocenters. The number of halogens is 3. The molecule has 0 fully saturated rings. The molecule has 0 aliphatic rings. The number of alkyl halides is 3. The molecule has 5 nitrogen and oxygen atoms in total. The first-order chi connectivity index (χ1) is 8.87. The molecule has 1 aromatic heterocycles. The van der Waals surface area contributed by atoms with Gasteiger partial charge in [0.15, 0.2) is 0 Å². The zero-order chi connectivity index (χ0) is 14.3. The van der Waals surface area contributed by atoms with Crippen LogP contribution in [0.1, 0.15) is 39.0 Å². The summed E-state index contributed by atoms with van der Waals surface area (Å²) >= 11 is 0. The van der Waals surface area contributed by atoms with Gasteiger partial charge >= 0.3 is 12.2 Å². The van der Waals surface area contributed by atoms with E-state index in [1.54, 1.807) is 0 Å². The first-order valence-electron chi connectivity index (χ1n) is 6.23. The Morgan fingerprint density at radius 3 is 2.58 bits per heavy atom. The number of hydrogen-bond acceptors (Lipinski definition) is 5. The fourth-order valence-corrected chi connectivity index (χ4v) is 1.33. The van der Waals surface area contributed by atoms with Crippen LogP contribution in [0.2, 0.25) is 0 Å². The molecule has 0 bridgehead atoms. The maximum Gasteiger partial charge on any atom is 0.389 e. The van der Waals surface area contributed by atoms with Gasteiger partial charge in [0.25, 0.3) is 0 Å². The van der Waals surface area contributed by atoms with Gasteiger partial charge in [0.05, 0.1) is 6.54 Å². The molecule has 0 aliphatic heterocycles. The predicted molar refractivity (Wildman–Crippen MR) is 64.7 cm³/mol. The SMILES string of the molecule is CC(C)NCc1nnc(NCCCCC(F)(F)F)o1. The number of hydrogen-bond donors (Lipinski definition) is 2. The lowest BCUT2D eigenvalue weighted by Crippen LogP contribution is -2.21. The van der Waals surface area contributed by atoms with Crippen LogP contribution in [-0.4, -0.2) is 29.0 Å². The molecule has 1 rings (SSSR count). The van der Waals surface area contributed by atoms with Gasteiger partial charge in [-0.25, -0.2) is 0 Å². The Balaban J connectivity index is 2.16. The van der Waals surface area contributed by atoms with E-state index >= 15 is 0 Å². The monoisotopic (exact) mass is 280 g/mol. The van der Waals surface area contributed by atoms with Crippen molar-refractivity contribution in [1.29, 1.82) is 0 Å². The van der Waals surface area contributed by atoms with E-state index in [2.05, 4.69) is 20.8 Å². The highest BCUT2D eigenvalue weighted by Gasteiger charge is 2.25. The first kappa shape index (κ1) is 15.7. The van der Waals surface area contributed by atoms with Crippen molar-refractivity contribution >= 4 is 6.01 Å². The van der Waals surface area contributed by atoms with E-state index in [4.69, 9.17) is 4.42 Å². The third-order valence-corrected chi connectivity index (χ3v) is 2.29. The molecular formula is C11H19F3N4O. The van der Waals surface area contributed by atoms with Gasteiger partial charge < -0.3 is 15.1 Å². The Kier molecular flexibility index (Phi) is 6.07. The second kappa shape index (κ2) is 7.32. The van der Waals surface area contributed by atoms with Crippen molar-refractivity contribution in [3.8, 4) is 0 Å². The third-order valence-electron chi connectivity index (χ3n) is 2.29. The van der Waals surface area contributed by atoms with Crippen molar-refractivity contribution in [3.05, 3.63) is 5.89 Å². The molecule has 8 heteroatoms. The molecule has 0 saturated heterocycles. The average molecular weight is 280 g/mol. The molecule has 1 heterocycles. The second-order valence-electron chi connectivity index (χ2n) is 4.54. The maximum atomic E-state index is 11.9. The normalized spacial score (nSPS) is 12.1. The van der Waals surface area contributed by atoms with Crippen molar-refractivity contribution in [2.45, 2.75) is 51.9 Å². The average Bonchev–Trinajstić information content (AvgIpc) is 2.72. The van der Waals surface area contributed by atoms with Crippen LogP contribution in [-0.2, 0) is 6.54 Å². The zero-order valence-electron chi connectivity index (χ0n) is 11.0. The minimum absolute atomic E-state index is 0.0897. The Labute approximate surface area is 110 Å². The van der Waals surface area contributed by atoms with Gasteiger partial charge in [-0.3, -0.25) is 0 Å². The van der Waals surface area contributed by atoms with Crippen LogP contribution in [0.3, 0.4) is 0 Å². The summed E-state index contributed by atoms with van der Waals surface area (Å²) in [4.78, 5) is 0. The summed E-state index contributed by atoms with van der Waals surface area (Å²) in [6.07, 6.45) is -4.35. The topological polar surface area (TPSA) is 63.0 Å². The van der Waals surface area contributed by atoms with Crippen molar-refractivity contribution in [1.82, 2.24) is 15.5 Å². The minimum Gasteiger partial charge on any atom is -0.407 e. The van der Waals surface area contributed by atoms with Gasteiger partial charge in [-0.2, -0.15) is 13.2 Å². The highest BCUT2D eigenvalue weighted by Crippen LogP contribution is 2.22. The smallest absolute Gasteiger partial charge is 0.389 e. The van der Waals surface area contributed by atoms with Crippen LogP contribution in [0, 0.1) is 0 Å². The fraction of sp³-hybridized carbons (Fsp3) is 0.818. The molecule has 2 N–H and O–H groups in total. The van der Waals surface area contributed by atoms with E-state index in [1.807, 2.05) is 13.8 Å². The van der Waals surface area contributed by atoms with E-state index in [9.17, 15) is 13.2 Å². The van der Waals surface area contributed by atoms with Crippen LogP contribution in [0.5, 0.6) is 0 Å². The van der Waals surface area contributed by atoms with Crippen LogP contribution >= 0.6 is 0 Å². The summed E-state index contributed by atoms with van der Waals surface area (Å²) in [5.74, 6) is 0.450. The maximum absolute atomic E-state index is 11.9. The van der Waals surface area contributed by atoms with Crippen molar-refractivity contribution in [3.63, 3.8) is 0 Å². The lowest BCUT2D eigenvalue weighted by atomic mass is 10.2.